The first-order chi connectivity index (χ1) is 10.1. The van der Waals surface area contributed by atoms with Gasteiger partial charge in [-0.1, -0.05) is 15.9 Å². The number of nitrogens with zero attached hydrogens (tertiary/aromatic N) is 3. The molecule has 0 bridgehead atoms. The summed E-state index contributed by atoms with van der Waals surface area (Å²) in [6, 6.07) is 7.42. The fourth-order valence-electron chi connectivity index (χ4n) is 2.40. The Hall–Kier alpha value is -1.95. The Kier molecular flexibility index (Phi) is 3.88. The molecule has 1 amide bonds. The van der Waals surface area contributed by atoms with Crippen molar-refractivity contribution in [2.24, 2.45) is 0 Å². The van der Waals surface area contributed by atoms with Crippen LogP contribution in [0.2, 0.25) is 0 Å². The van der Waals surface area contributed by atoms with Crippen molar-refractivity contribution in [2.45, 2.75) is 19.4 Å². The van der Waals surface area contributed by atoms with Crippen LogP contribution in [0.25, 0.3) is 0 Å². The van der Waals surface area contributed by atoms with Gasteiger partial charge >= 0.3 is 0 Å². The van der Waals surface area contributed by atoms with Crippen molar-refractivity contribution in [3.8, 4) is 0 Å². The number of halogens is 1. The second-order valence-corrected chi connectivity index (χ2v) is 5.84. The zero-order valence-electron chi connectivity index (χ0n) is 11.6. The Bertz CT molecular complexity index is 662. The molecular weight excluding hydrogens is 332 g/mol. The molecule has 1 aromatic heterocycles. The van der Waals surface area contributed by atoms with Gasteiger partial charge in [0, 0.05) is 29.1 Å². The van der Waals surface area contributed by atoms with Crippen LogP contribution in [-0.4, -0.2) is 28.5 Å². The zero-order valence-corrected chi connectivity index (χ0v) is 13.2. The number of nitrogens with one attached hydrogen (secondary N) is 1. The quantitative estimate of drug-likeness (QED) is 0.928. The second kappa shape index (κ2) is 5.81. The molecule has 2 heterocycles. The summed E-state index contributed by atoms with van der Waals surface area (Å²) in [6.45, 7) is 2.71. The van der Waals surface area contributed by atoms with E-state index < -0.39 is 0 Å². The van der Waals surface area contributed by atoms with Crippen LogP contribution < -0.4 is 10.2 Å². The molecule has 1 aliphatic rings. The van der Waals surface area contributed by atoms with Gasteiger partial charge in [-0.2, -0.15) is 0 Å². The van der Waals surface area contributed by atoms with Crippen molar-refractivity contribution in [1.82, 2.24) is 9.97 Å². The normalized spacial score (nSPS) is 18.1. The number of carbonyl (C=O) groups is 1. The van der Waals surface area contributed by atoms with E-state index in [1.54, 1.807) is 23.4 Å². The molecule has 1 aliphatic heterocycles. The zero-order chi connectivity index (χ0) is 14.8. The highest BCUT2D eigenvalue weighted by atomic mass is 79.9. The lowest BCUT2D eigenvalue weighted by Crippen LogP contribution is -2.33. The predicted octanol–water partition coefficient (Wildman–Crippen LogP) is 2.76. The lowest BCUT2D eigenvalue weighted by atomic mass is 10.2. The number of aromatic nitrogens is 2. The summed E-state index contributed by atoms with van der Waals surface area (Å²) in [5, 5.41) is 3.09. The number of carbonyl (C=O) groups excluding carboxylic acids is 1. The Morgan fingerprint density at radius 2 is 2.10 bits per heavy atom. The van der Waals surface area contributed by atoms with Crippen LogP contribution in [0.4, 0.5) is 11.6 Å². The highest BCUT2D eigenvalue weighted by Crippen LogP contribution is 2.27. The molecule has 1 atom stereocenters. The average molecular weight is 347 g/mol. The van der Waals surface area contributed by atoms with E-state index in [-0.39, 0.29) is 11.9 Å². The molecule has 6 heteroatoms. The maximum atomic E-state index is 12.5. The molecule has 1 unspecified atom stereocenters. The molecule has 1 saturated heterocycles. The van der Waals surface area contributed by atoms with Gasteiger partial charge in [0.25, 0.3) is 0 Å². The summed E-state index contributed by atoms with van der Waals surface area (Å²) in [5.74, 6) is 0.550. The van der Waals surface area contributed by atoms with E-state index in [1.807, 2.05) is 25.1 Å². The molecule has 1 N–H and O–H groups in total. The number of rotatable bonds is 3. The van der Waals surface area contributed by atoms with Gasteiger partial charge < -0.3 is 10.2 Å². The third-order valence-electron chi connectivity index (χ3n) is 3.53. The standard InChI is InChI=1S/C15H15BrN4O/c1-10-9-11(3-4-12(10)16)20-8-5-13(14(20)21)19-15-17-6-2-7-18-15/h2-4,6-7,9,13H,5,8H2,1H3,(H,17,18,19). The van der Waals surface area contributed by atoms with Crippen molar-refractivity contribution < 1.29 is 4.79 Å². The molecule has 2 aromatic rings. The van der Waals surface area contributed by atoms with E-state index in [0.717, 1.165) is 22.1 Å². The Morgan fingerprint density at radius 3 is 2.81 bits per heavy atom. The molecule has 5 nitrogen and oxygen atoms in total. The molecule has 0 aliphatic carbocycles. The summed E-state index contributed by atoms with van der Waals surface area (Å²) in [5.41, 5.74) is 2.04. The second-order valence-electron chi connectivity index (χ2n) is 4.98. The summed E-state index contributed by atoms with van der Waals surface area (Å²) in [7, 11) is 0. The van der Waals surface area contributed by atoms with Gasteiger partial charge in [-0.05, 0) is 43.2 Å². The van der Waals surface area contributed by atoms with Crippen LogP contribution in [0.15, 0.2) is 41.1 Å². The molecule has 1 aromatic carbocycles. The van der Waals surface area contributed by atoms with Crippen molar-refractivity contribution in [1.29, 1.82) is 0 Å². The lowest BCUT2D eigenvalue weighted by molar-refractivity contribution is -0.117. The van der Waals surface area contributed by atoms with E-state index in [0.29, 0.717) is 12.5 Å². The highest BCUT2D eigenvalue weighted by molar-refractivity contribution is 9.10. The van der Waals surface area contributed by atoms with E-state index in [2.05, 4.69) is 31.2 Å². The fraction of sp³-hybridized carbons (Fsp3) is 0.267. The maximum Gasteiger partial charge on any atom is 0.249 e. The molecule has 0 radical (unpaired) electrons. The maximum absolute atomic E-state index is 12.5. The van der Waals surface area contributed by atoms with Gasteiger partial charge in [-0.15, -0.1) is 0 Å². The van der Waals surface area contributed by atoms with Gasteiger partial charge in [0.15, 0.2) is 0 Å². The molecule has 0 spiro atoms. The van der Waals surface area contributed by atoms with Crippen molar-refractivity contribution >= 4 is 33.5 Å². The fourth-order valence-corrected chi connectivity index (χ4v) is 2.64. The number of anilines is 2. The van der Waals surface area contributed by atoms with Gasteiger partial charge in [-0.25, -0.2) is 9.97 Å². The van der Waals surface area contributed by atoms with Gasteiger partial charge in [0.1, 0.15) is 6.04 Å². The smallest absolute Gasteiger partial charge is 0.249 e. The third kappa shape index (κ3) is 2.90. The van der Waals surface area contributed by atoms with Crippen LogP contribution in [-0.2, 0) is 4.79 Å². The van der Waals surface area contributed by atoms with Gasteiger partial charge in [-0.3, -0.25) is 4.79 Å². The number of amides is 1. The van der Waals surface area contributed by atoms with Crippen molar-refractivity contribution in [2.75, 3.05) is 16.8 Å². The molecule has 0 saturated carbocycles. The van der Waals surface area contributed by atoms with Crippen molar-refractivity contribution in [3.63, 3.8) is 0 Å². The van der Waals surface area contributed by atoms with Crippen LogP contribution >= 0.6 is 15.9 Å². The topological polar surface area (TPSA) is 58.1 Å². The van der Waals surface area contributed by atoms with Crippen LogP contribution in [0.5, 0.6) is 0 Å². The summed E-state index contributed by atoms with van der Waals surface area (Å²) in [4.78, 5) is 22.5. The number of aryl methyl sites for hydroxylation is 1. The largest absolute Gasteiger partial charge is 0.342 e. The minimum absolute atomic E-state index is 0.0594. The number of benzene rings is 1. The molecule has 1 fully saturated rings. The predicted molar refractivity (Wildman–Crippen MR) is 85.3 cm³/mol. The van der Waals surface area contributed by atoms with Crippen LogP contribution in [0, 0.1) is 6.92 Å². The van der Waals surface area contributed by atoms with Crippen molar-refractivity contribution in [3.05, 3.63) is 46.7 Å². The Labute approximate surface area is 131 Å². The van der Waals surface area contributed by atoms with E-state index in [4.69, 9.17) is 0 Å². The monoisotopic (exact) mass is 346 g/mol. The van der Waals surface area contributed by atoms with Gasteiger partial charge in [0.2, 0.25) is 11.9 Å². The Balaban J connectivity index is 1.75. The van der Waals surface area contributed by atoms with E-state index >= 15 is 0 Å². The summed E-state index contributed by atoms with van der Waals surface area (Å²) < 4.78 is 1.05. The summed E-state index contributed by atoms with van der Waals surface area (Å²) in [6.07, 6.45) is 4.06. The molecular formula is C15H15BrN4O. The highest BCUT2D eigenvalue weighted by Gasteiger charge is 2.33. The minimum atomic E-state index is -0.267. The summed E-state index contributed by atoms with van der Waals surface area (Å²) >= 11 is 3.48. The van der Waals surface area contributed by atoms with Crippen LogP contribution in [0.3, 0.4) is 0 Å². The number of hydrogen-bond acceptors (Lipinski definition) is 4. The first kappa shape index (κ1) is 14.0. The first-order valence-electron chi connectivity index (χ1n) is 6.76. The third-order valence-corrected chi connectivity index (χ3v) is 4.42. The molecule has 3 rings (SSSR count). The number of hydrogen-bond donors (Lipinski definition) is 1. The van der Waals surface area contributed by atoms with Gasteiger partial charge in [0.05, 0.1) is 0 Å². The SMILES string of the molecule is Cc1cc(N2CCC(Nc3ncccn3)C2=O)ccc1Br. The van der Waals surface area contributed by atoms with E-state index in [1.165, 1.54) is 0 Å². The average Bonchev–Trinajstić information content (AvgIpc) is 2.84. The van der Waals surface area contributed by atoms with E-state index in [9.17, 15) is 4.79 Å². The lowest BCUT2D eigenvalue weighted by Gasteiger charge is -2.18. The van der Waals surface area contributed by atoms with Crippen LogP contribution in [0.1, 0.15) is 12.0 Å². The molecule has 21 heavy (non-hydrogen) atoms. The first-order valence-corrected chi connectivity index (χ1v) is 7.55. The Morgan fingerprint density at radius 1 is 1.33 bits per heavy atom. The molecule has 108 valence electrons. The minimum Gasteiger partial charge on any atom is -0.342 e.